The maximum Gasteiger partial charge on any atom is 0.241 e. The van der Waals surface area contributed by atoms with Gasteiger partial charge in [0.25, 0.3) is 0 Å². The molecule has 5 nitrogen and oxygen atoms in total. The summed E-state index contributed by atoms with van der Waals surface area (Å²) in [6.45, 7) is 5.18. The lowest BCUT2D eigenvalue weighted by Gasteiger charge is -2.28. The van der Waals surface area contributed by atoms with Crippen LogP contribution >= 0.6 is 11.6 Å². The highest BCUT2D eigenvalue weighted by molar-refractivity contribution is 6.31. The fraction of sp³-hybridized carbons (Fsp3) is 0.500. The predicted octanol–water partition coefficient (Wildman–Crippen LogP) is 3.02. The number of pyridine rings is 1. The van der Waals surface area contributed by atoms with Gasteiger partial charge < -0.3 is 4.52 Å². The molecule has 0 aromatic carbocycles. The van der Waals surface area contributed by atoms with Gasteiger partial charge >= 0.3 is 0 Å². The van der Waals surface area contributed by atoms with Crippen molar-refractivity contribution in [3.8, 4) is 11.4 Å². The molecule has 1 fully saturated rings. The second-order valence-electron chi connectivity index (χ2n) is 5.31. The first-order valence-electron chi connectivity index (χ1n) is 6.88. The Morgan fingerprint density at radius 2 is 2.20 bits per heavy atom. The van der Waals surface area contributed by atoms with Gasteiger partial charge in [-0.15, -0.1) is 0 Å². The van der Waals surface area contributed by atoms with Crippen molar-refractivity contribution in [1.82, 2.24) is 20.0 Å². The summed E-state index contributed by atoms with van der Waals surface area (Å²) in [6.07, 6.45) is 4.10. The summed E-state index contributed by atoms with van der Waals surface area (Å²) >= 11 is 6.03. The molecule has 0 N–H and O–H groups in total. The van der Waals surface area contributed by atoms with Crippen LogP contribution in [0, 0.1) is 5.92 Å². The van der Waals surface area contributed by atoms with Gasteiger partial charge in [-0.2, -0.15) is 4.98 Å². The lowest BCUT2D eigenvalue weighted by molar-refractivity contribution is 0.165. The molecule has 3 heterocycles. The molecule has 0 aliphatic carbocycles. The van der Waals surface area contributed by atoms with Crippen LogP contribution in [0.1, 0.15) is 25.7 Å². The molecule has 0 unspecified atom stereocenters. The van der Waals surface area contributed by atoms with E-state index in [-0.39, 0.29) is 0 Å². The maximum atomic E-state index is 6.03. The van der Waals surface area contributed by atoms with E-state index < -0.39 is 0 Å². The Morgan fingerprint density at radius 1 is 1.40 bits per heavy atom. The zero-order valence-corrected chi connectivity index (χ0v) is 12.2. The van der Waals surface area contributed by atoms with Gasteiger partial charge in [0, 0.05) is 6.20 Å². The first-order chi connectivity index (χ1) is 9.72. The Balaban J connectivity index is 1.70. The van der Waals surface area contributed by atoms with Gasteiger partial charge in [0.05, 0.1) is 12.1 Å². The normalized spacial score (nSPS) is 17.5. The van der Waals surface area contributed by atoms with E-state index in [1.165, 1.54) is 12.8 Å². The van der Waals surface area contributed by atoms with Crippen molar-refractivity contribution in [2.75, 3.05) is 13.1 Å². The molecule has 1 saturated heterocycles. The standard InChI is InChI=1S/C14H17ClN4O/c1-10-4-7-19(8-5-10)9-12-17-14(18-20-12)11-3-2-6-16-13(11)15/h2-3,6,10H,4-5,7-9H2,1H3. The summed E-state index contributed by atoms with van der Waals surface area (Å²) in [5, 5.41) is 4.39. The van der Waals surface area contributed by atoms with Gasteiger partial charge in [-0.05, 0) is 44.0 Å². The Labute approximate surface area is 123 Å². The van der Waals surface area contributed by atoms with Crippen LogP contribution in [0.25, 0.3) is 11.4 Å². The molecule has 0 bridgehead atoms. The van der Waals surface area contributed by atoms with E-state index in [2.05, 4.69) is 26.9 Å². The molecular formula is C14H17ClN4O. The van der Waals surface area contributed by atoms with Crippen LogP contribution in [0.15, 0.2) is 22.9 Å². The molecule has 1 aliphatic heterocycles. The lowest BCUT2D eigenvalue weighted by atomic mass is 9.99. The van der Waals surface area contributed by atoms with Gasteiger partial charge in [-0.1, -0.05) is 23.7 Å². The molecule has 6 heteroatoms. The van der Waals surface area contributed by atoms with E-state index in [1.54, 1.807) is 6.20 Å². The fourth-order valence-electron chi connectivity index (χ4n) is 2.39. The van der Waals surface area contributed by atoms with E-state index >= 15 is 0 Å². The summed E-state index contributed by atoms with van der Waals surface area (Å²) in [6, 6.07) is 3.65. The number of likely N-dealkylation sites (tertiary alicyclic amines) is 1. The number of piperidine rings is 1. The third-order valence-electron chi connectivity index (χ3n) is 3.70. The number of rotatable bonds is 3. The molecule has 0 spiro atoms. The third-order valence-corrected chi connectivity index (χ3v) is 4.00. The predicted molar refractivity (Wildman–Crippen MR) is 76.2 cm³/mol. The van der Waals surface area contributed by atoms with Crippen LogP contribution in [0.3, 0.4) is 0 Å². The largest absolute Gasteiger partial charge is 0.338 e. The van der Waals surface area contributed by atoms with Gasteiger partial charge in [0.15, 0.2) is 0 Å². The molecule has 106 valence electrons. The van der Waals surface area contributed by atoms with Gasteiger partial charge in [0.2, 0.25) is 11.7 Å². The van der Waals surface area contributed by atoms with Crippen LogP contribution in [0.5, 0.6) is 0 Å². The highest BCUT2D eigenvalue weighted by Crippen LogP contribution is 2.23. The van der Waals surface area contributed by atoms with Crippen LogP contribution < -0.4 is 0 Å². The molecule has 2 aromatic heterocycles. The van der Waals surface area contributed by atoms with Crippen molar-refractivity contribution in [2.24, 2.45) is 5.92 Å². The van der Waals surface area contributed by atoms with Crippen LogP contribution in [0.4, 0.5) is 0 Å². The number of hydrogen-bond donors (Lipinski definition) is 0. The number of halogens is 1. The number of aromatic nitrogens is 3. The van der Waals surface area contributed by atoms with Crippen molar-refractivity contribution in [1.29, 1.82) is 0 Å². The second kappa shape index (κ2) is 5.89. The first-order valence-corrected chi connectivity index (χ1v) is 7.26. The summed E-state index contributed by atoms with van der Waals surface area (Å²) in [7, 11) is 0. The van der Waals surface area contributed by atoms with Gasteiger partial charge in [0.1, 0.15) is 5.15 Å². The van der Waals surface area contributed by atoms with Crippen LogP contribution in [-0.2, 0) is 6.54 Å². The molecule has 0 atom stereocenters. The molecule has 2 aromatic rings. The maximum absolute atomic E-state index is 6.03. The average molecular weight is 293 g/mol. The third kappa shape index (κ3) is 2.99. The highest BCUT2D eigenvalue weighted by atomic mass is 35.5. The van der Waals surface area contributed by atoms with E-state index in [9.17, 15) is 0 Å². The average Bonchev–Trinajstić information content (AvgIpc) is 2.90. The molecular weight excluding hydrogens is 276 g/mol. The SMILES string of the molecule is CC1CCN(Cc2nc(-c3cccnc3Cl)no2)CC1. The quantitative estimate of drug-likeness (QED) is 0.814. The molecule has 3 rings (SSSR count). The zero-order chi connectivity index (χ0) is 13.9. The van der Waals surface area contributed by atoms with Crippen molar-refractivity contribution in [3.63, 3.8) is 0 Å². The summed E-state index contributed by atoms with van der Waals surface area (Å²) in [5.74, 6) is 1.96. The monoisotopic (exact) mass is 292 g/mol. The highest BCUT2D eigenvalue weighted by Gasteiger charge is 2.19. The second-order valence-corrected chi connectivity index (χ2v) is 5.67. The van der Waals surface area contributed by atoms with E-state index in [0.717, 1.165) is 19.0 Å². The Morgan fingerprint density at radius 3 is 2.95 bits per heavy atom. The number of nitrogens with zero attached hydrogens (tertiary/aromatic N) is 4. The molecule has 0 amide bonds. The minimum Gasteiger partial charge on any atom is -0.338 e. The Kier molecular flexibility index (Phi) is 3.98. The summed E-state index contributed by atoms with van der Waals surface area (Å²) in [5.41, 5.74) is 0.705. The van der Waals surface area contributed by atoms with Crippen molar-refractivity contribution in [3.05, 3.63) is 29.4 Å². The van der Waals surface area contributed by atoms with Gasteiger partial charge in [-0.3, -0.25) is 4.90 Å². The van der Waals surface area contributed by atoms with Crippen LogP contribution in [-0.4, -0.2) is 33.1 Å². The fourth-order valence-corrected chi connectivity index (χ4v) is 2.60. The molecule has 0 radical (unpaired) electrons. The summed E-state index contributed by atoms with van der Waals surface area (Å²) in [4.78, 5) is 10.8. The van der Waals surface area contributed by atoms with E-state index in [0.29, 0.717) is 29.0 Å². The van der Waals surface area contributed by atoms with Crippen molar-refractivity contribution < 1.29 is 4.52 Å². The summed E-state index contributed by atoms with van der Waals surface area (Å²) < 4.78 is 5.31. The minimum atomic E-state index is 0.395. The molecule has 20 heavy (non-hydrogen) atoms. The molecule has 0 saturated carbocycles. The van der Waals surface area contributed by atoms with Gasteiger partial charge in [-0.25, -0.2) is 4.98 Å². The first kappa shape index (κ1) is 13.5. The Hall–Kier alpha value is -1.46. The van der Waals surface area contributed by atoms with Crippen molar-refractivity contribution >= 4 is 11.6 Å². The number of hydrogen-bond acceptors (Lipinski definition) is 5. The lowest BCUT2D eigenvalue weighted by Crippen LogP contribution is -2.32. The van der Waals surface area contributed by atoms with E-state index in [4.69, 9.17) is 16.1 Å². The topological polar surface area (TPSA) is 55.1 Å². The molecule has 1 aliphatic rings. The smallest absolute Gasteiger partial charge is 0.241 e. The van der Waals surface area contributed by atoms with Crippen LogP contribution in [0.2, 0.25) is 5.15 Å². The zero-order valence-electron chi connectivity index (χ0n) is 11.4. The van der Waals surface area contributed by atoms with E-state index in [1.807, 2.05) is 12.1 Å². The minimum absolute atomic E-state index is 0.395. The Bertz CT molecular complexity index is 578. The van der Waals surface area contributed by atoms with Crippen molar-refractivity contribution in [2.45, 2.75) is 26.3 Å².